The van der Waals surface area contributed by atoms with E-state index in [0.717, 1.165) is 60.9 Å². The van der Waals surface area contributed by atoms with E-state index in [-0.39, 0.29) is 11.4 Å². The highest BCUT2D eigenvalue weighted by Crippen LogP contribution is 2.33. The number of thiazole rings is 1. The molecule has 5 nitrogen and oxygen atoms in total. The van der Waals surface area contributed by atoms with Crippen molar-refractivity contribution >= 4 is 39.2 Å². The highest BCUT2D eigenvalue weighted by molar-refractivity contribution is 7.99. The van der Waals surface area contributed by atoms with Crippen LogP contribution < -0.4 is 5.32 Å². The predicted octanol–water partition coefficient (Wildman–Crippen LogP) is 2.62. The number of thioether (sulfide) groups is 1. The number of fused-ring (bicyclic) bond motifs is 1. The minimum Gasteiger partial charge on any atom is -0.379 e. The molecule has 1 aromatic carbocycles. The number of benzene rings is 1. The van der Waals surface area contributed by atoms with Crippen LogP contribution in [-0.4, -0.2) is 65.7 Å². The van der Waals surface area contributed by atoms with E-state index < -0.39 is 0 Å². The van der Waals surface area contributed by atoms with Crippen LogP contribution in [0.25, 0.3) is 10.2 Å². The van der Waals surface area contributed by atoms with Crippen molar-refractivity contribution in [2.75, 3.05) is 44.4 Å². The molecule has 134 valence electrons. The Labute approximate surface area is 156 Å². The van der Waals surface area contributed by atoms with Crippen LogP contribution in [0.5, 0.6) is 0 Å². The van der Waals surface area contributed by atoms with E-state index in [9.17, 15) is 4.79 Å². The molecule has 3 heterocycles. The molecule has 1 aromatic heterocycles. The monoisotopic (exact) mass is 377 g/mol. The molecule has 25 heavy (non-hydrogen) atoms. The fourth-order valence-corrected chi connectivity index (χ4v) is 5.82. The quantitative estimate of drug-likeness (QED) is 0.888. The number of aromatic nitrogens is 1. The summed E-state index contributed by atoms with van der Waals surface area (Å²) in [6, 6.07) is 7.90. The Hall–Kier alpha value is -1.15. The van der Waals surface area contributed by atoms with Crippen molar-refractivity contribution in [3.63, 3.8) is 0 Å². The average molecular weight is 378 g/mol. The van der Waals surface area contributed by atoms with Crippen molar-refractivity contribution in [1.82, 2.24) is 15.2 Å². The van der Waals surface area contributed by atoms with Crippen LogP contribution in [0.3, 0.4) is 0 Å². The largest absolute Gasteiger partial charge is 0.379 e. The summed E-state index contributed by atoms with van der Waals surface area (Å²) in [6.07, 6.45) is 2.25. The van der Waals surface area contributed by atoms with E-state index in [1.807, 2.05) is 36.0 Å². The summed E-state index contributed by atoms with van der Waals surface area (Å²) < 4.78 is 6.58. The zero-order valence-corrected chi connectivity index (χ0v) is 15.8. The lowest BCUT2D eigenvalue weighted by atomic mass is 9.89. The van der Waals surface area contributed by atoms with Gasteiger partial charge in [0.15, 0.2) is 5.01 Å². The maximum absolute atomic E-state index is 12.7. The topological polar surface area (TPSA) is 54.5 Å². The van der Waals surface area contributed by atoms with Gasteiger partial charge in [-0.2, -0.15) is 11.8 Å². The van der Waals surface area contributed by atoms with Gasteiger partial charge in [-0.1, -0.05) is 12.1 Å². The lowest BCUT2D eigenvalue weighted by Crippen LogP contribution is -2.60. The third kappa shape index (κ3) is 3.69. The van der Waals surface area contributed by atoms with Gasteiger partial charge in [-0.15, -0.1) is 11.3 Å². The standard InChI is InChI=1S/C18H23N3O2S2/c22-16(17-20-14-3-1-2-4-15(14)25-17)19-13-18(5-11-24-12-6-18)21-7-9-23-10-8-21/h1-4H,5-13H2,(H,19,22). The average Bonchev–Trinajstić information content (AvgIpc) is 3.12. The van der Waals surface area contributed by atoms with E-state index in [1.165, 1.54) is 11.3 Å². The third-order valence-electron chi connectivity index (χ3n) is 5.17. The number of hydrogen-bond donors (Lipinski definition) is 1. The Balaban J connectivity index is 1.47. The first kappa shape index (κ1) is 17.3. The molecule has 0 spiro atoms. The van der Waals surface area contributed by atoms with Crippen LogP contribution in [0, 0.1) is 0 Å². The number of para-hydroxylation sites is 1. The lowest BCUT2D eigenvalue weighted by molar-refractivity contribution is -0.0255. The number of ether oxygens (including phenoxy) is 1. The normalized spacial score (nSPS) is 21.3. The number of carbonyl (C=O) groups excluding carboxylic acids is 1. The number of morpholine rings is 1. The lowest BCUT2D eigenvalue weighted by Gasteiger charge is -2.47. The molecule has 0 radical (unpaired) electrons. The van der Waals surface area contributed by atoms with Crippen molar-refractivity contribution in [2.45, 2.75) is 18.4 Å². The maximum atomic E-state index is 12.7. The second-order valence-electron chi connectivity index (χ2n) is 6.61. The Morgan fingerprint density at radius 2 is 2.00 bits per heavy atom. The van der Waals surface area contributed by atoms with Gasteiger partial charge in [0, 0.05) is 25.2 Å². The van der Waals surface area contributed by atoms with Gasteiger partial charge in [0.2, 0.25) is 0 Å². The van der Waals surface area contributed by atoms with E-state index >= 15 is 0 Å². The Morgan fingerprint density at radius 1 is 1.24 bits per heavy atom. The van der Waals surface area contributed by atoms with Gasteiger partial charge in [-0.3, -0.25) is 9.69 Å². The molecule has 0 saturated carbocycles. The van der Waals surface area contributed by atoms with E-state index in [2.05, 4.69) is 15.2 Å². The van der Waals surface area contributed by atoms with Crippen molar-refractivity contribution in [2.24, 2.45) is 0 Å². The minimum absolute atomic E-state index is 0.0490. The Bertz CT molecular complexity index is 704. The summed E-state index contributed by atoms with van der Waals surface area (Å²) in [5, 5.41) is 3.74. The van der Waals surface area contributed by atoms with E-state index in [0.29, 0.717) is 11.6 Å². The first-order valence-corrected chi connectivity index (χ1v) is 10.8. The first-order valence-electron chi connectivity index (χ1n) is 8.81. The molecule has 0 aliphatic carbocycles. The summed E-state index contributed by atoms with van der Waals surface area (Å²) in [7, 11) is 0. The predicted molar refractivity (Wildman–Crippen MR) is 104 cm³/mol. The van der Waals surface area contributed by atoms with Gasteiger partial charge in [0.05, 0.1) is 23.4 Å². The molecule has 1 amide bonds. The molecule has 7 heteroatoms. The Morgan fingerprint density at radius 3 is 2.76 bits per heavy atom. The molecule has 4 rings (SSSR count). The highest BCUT2D eigenvalue weighted by Gasteiger charge is 2.39. The fraction of sp³-hybridized carbons (Fsp3) is 0.556. The smallest absolute Gasteiger partial charge is 0.280 e. The van der Waals surface area contributed by atoms with Crippen LogP contribution in [0.1, 0.15) is 22.6 Å². The minimum atomic E-state index is -0.0490. The van der Waals surface area contributed by atoms with E-state index in [4.69, 9.17) is 4.74 Å². The molecule has 2 aliphatic rings. The van der Waals surface area contributed by atoms with Gasteiger partial charge < -0.3 is 10.1 Å². The fourth-order valence-electron chi connectivity index (χ4n) is 3.68. The first-order chi connectivity index (χ1) is 12.3. The Kier molecular flexibility index (Phi) is 5.26. The SMILES string of the molecule is O=C(NCC1(N2CCOCC2)CCSCC1)c1nc2ccccc2s1. The zero-order chi connectivity index (χ0) is 17.1. The zero-order valence-electron chi connectivity index (χ0n) is 14.2. The number of nitrogens with one attached hydrogen (secondary N) is 1. The summed E-state index contributed by atoms with van der Waals surface area (Å²) in [5.74, 6) is 2.27. The third-order valence-corrected chi connectivity index (χ3v) is 7.19. The van der Waals surface area contributed by atoms with Crippen LogP contribution in [0.2, 0.25) is 0 Å². The second kappa shape index (κ2) is 7.61. The number of hydrogen-bond acceptors (Lipinski definition) is 6. The molecule has 2 aromatic rings. The molecule has 0 bridgehead atoms. The molecule has 2 fully saturated rings. The maximum Gasteiger partial charge on any atom is 0.280 e. The van der Waals surface area contributed by atoms with Crippen molar-refractivity contribution < 1.29 is 9.53 Å². The van der Waals surface area contributed by atoms with Gasteiger partial charge >= 0.3 is 0 Å². The molecule has 0 unspecified atom stereocenters. The van der Waals surface area contributed by atoms with Crippen LogP contribution in [0.15, 0.2) is 24.3 Å². The molecular formula is C18H23N3O2S2. The van der Waals surface area contributed by atoms with Gasteiger partial charge in [-0.25, -0.2) is 4.98 Å². The van der Waals surface area contributed by atoms with Crippen LogP contribution in [-0.2, 0) is 4.74 Å². The molecule has 0 atom stereocenters. The van der Waals surface area contributed by atoms with Gasteiger partial charge in [-0.05, 0) is 36.5 Å². The highest BCUT2D eigenvalue weighted by atomic mass is 32.2. The molecular weight excluding hydrogens is 354 g/mol. The summed E-state index contributed by atoms with van der Waals surface area (Å²) in [6.45, 7) is 4.20. The van der Waals surface area contributed by atoms with E-state index in [1.54, 1.807) is 0 Å². The van der Waals surface area contributed by atoms with Gasteiger partial charge in [0.1, 0.15) is 0 Å². The number of carbonyl (C=O) groups is 1. The van der Waals surface area contributed by atoms with Crippen LogP contribution in [0.4, 0.5) is 0 Å². The van der Waals surface area contributed by atoms with Crippen molar-refractivity contribution in [3.05, 3.63) is 29.3 Å². The summed E-state index contributed by atoms with van der Waals surface area (Å²) in [5.41, 5.74) is 0.969. The number of rotatable bonds is 4. The molecule has 1 N–H and O–H groups in total. The van der Waals surface area contributed by atoms with Crippen molar-refractivity contribution in [3.8, 4) is 0 Å². The summed E-state index contributed by atoms with van der Waals surface area (Å²) in [4.78, 5) is 19.7. The van der Waals surface area contributed by atoms with Crippen LogP contribution >= 0.6 is 23.1 Å². The number of nitrogens with zero attached hydrogens (tertiary/aromatic N) is 2. The summed E-state index contributed by atoms with van der Waals surface area (Å²) >= 11 is 3.48. The molecule has 2 saturated heterocycles. The van der Waals surface area contributed by atoms with Crippen molar-refractivity contribution in [1.29, 1.82) is 0 Å². The second-order valence-corrected chi connectivity index (χ2v) is 8.86. The van der Waals surface area contributed by atoms with Gasteiger partial charge in [0.25, 0.3) is 5.91 Å². The molecule has 2 aliphatic heterocycles. The number of amides is 1.